The number of guanidine groups is 1. The number of nitrogens with zero attached hydrogens (tertiary/aromatic N) is 1. The van der Waals surface area contributed by atoms with Crippen molar-refractivity contribution in [3.05, 3.63) is 0 Å². The fraction of sp³-hybridized carbons (Fsp3) is 0.938. The van der Waals surface area contributed by atoms with Crippen molar-refractivity contribution in [2.75, 3.05) is 46.6 Å². The van der Waals surface area contributed by atoms with Crippen molar-refractivity contribution in [2.24, 2.45) is 10.9 Å². The molecule has 0 heterocycles. The lowest BCUT2D eigenvalue weighted by molar-refractivity contribution is 0.0702. The summed E-state index contributed by atoms with van der Waals surface area (Å²) < 4.78 is 10.3. The minimum atomic E-state index is 0. The third-order valence-corrected chi connectivity index (χ3v) is 2.99. The fourth-order valence-corrected chi connectivity index (χ4v) is 1.83. The Morgan fingerprint density at radius 3 is 2.45 bits per heavy atom. The van der Waals surface area contributed by atoms with Gasteiger partial charge in [0.25, 0.3) is 0 Å². The molecule has 0 bridgehead atoms. The molecule has 2 N–H and O–H groups in total. The molecule has 0 spiro atoms. The van der Waals surface area contributed by atoms with Crippen LogP contribution in [0.5, 0.6) is 0 Å². The predicted molar refractivity (Wildman–Crippen MR) is 105 cm³/mol. The van der Waals surface area contributed by atoms with Gasteiger partial charge in [-0.05, 0) is 25.7 Å². The van der Waals surface area contributed by atoms with Crippen molar-refractivity contribution in [3.8, 4) is 0 Å². The van der Waals surface area contributed by atoms with Crippen molar-refractivity contribution in [1.82, 2.24) is 10.6 Å². The Balaban J connectivity index is 0. The highest BCUT2D eigenvalue weighted by Gasteiger charge is 1.98. The Bertz CT molecular complexity index is 252. The zero-order chi connectivity index (χ0) is 15.8. The van der Waals surface area contributed by atoms with E-state index >= 15 is 0 Å². The Kier molecular flexibility index (Phi) is 20.8. The number of ether oxygens (including phenoxy) is 2. The van der Waals surface area contributed by atoms with Crippen LogP contribution in [0.4, 0.5) is 0 Å². The van der Waals surface area contributed by atoms with Crippen molar-refractivity contribution >= 4 is 29.9 Å². The van der Waals surface area contributed by atoms with Crippen LogP contribution in [-0.2, 0) is 9.47 Å². The maximum atomic E-state index is 5.42. The summed E-state index contributed by atoms with van der Waals surface area (Å²) in [6.45, 7) is 11.4. The molecule has 22 heavy (non-hydrogen) atoms. The van der Waals surface area contributed by atoms with Crippen LogP contribution in [-0.4, -0.2) is 52.5 Å². The van der Waals surface area contributed by atoms with Crippen molar-refractivity contribution in [1.29, 1.82) is 0 Å². The van der Waals surface area contributed by atoms with E-state index in [1.807, 2.05) is 0 Å². The van der Waals surface area contributed by atoms with Crippen LogP contribution in [0.3, 0.4) is 0 Å². The van der Waals surface area contributed by atoms with Crippen molar-refractivity contribution < 1.29 is 9.47 Å². The van der Waals surface area contributed by atoms with Crippen LogP contribution in [0.15, 0.2) is 4.99 Å². The normalized spacial score (nSPS) is 11.4. The van der Waals surface area contributed by atoms with Crippen molar-refractivity contribution in [3.63, 3.8) is 0 Å². The molecule has 6 heteroatoms. The van der Waals surface area contributed by atoms with E-state index in [0.717, 1.165) is 44.5 Å². The smallest absolute Gasteiger partial charge is 0.191 e. The van der Waals surface area contributed by atoms with Crippen LogP contribution in [0.2, 0.25) is 0 Å². The molecule has 0 fully saturated rings. The third kappa shape index (κ3) is 18.0. The molecular formula is C16H36IN3O2. The van der Waals surface area contributed by atoms with E-state index in [1.165, 1.54) is 19.3 Å². The SMILES string of the molecule is CCNC(=NCCCOCCOC)NCCCCC(C)C.I. The molecule has 0 unspecified atom stereocenters. The Morgan fingerprint density at radius 2 is 1.82 bits per heavy atom. The first kappa shape index (κ1) is 24.2. The lowest BCUT2D eigenvalue weighted by atomic mass is 10.1. The fourth-order valence-electron chi connectivity index (χ4n) is 1.83. The van der Waals surface area contributed by atoms with Gasteiger partial charge in [0.2, 0.25) is 0 Å². The van der Waals surface area contributed by atoms with E-state index in [2.05, 4.69) is 36.4 Å². The lowest BCUT2D eigenvalue weighted by Crippen LogP contribution is -2.37. The van der Waals surface area contributed by atoms with Gasteiger partial charge in [-0.3, -0.25) is 4.99 Å². The van der Waals surface area contributed by atoms with Crippen molar-refractivity contribution in [2.45, 2.75) is 46.5 Å². The molecule has 0 rings (SSSR count). The van der Waals surface area contributed by atoms with Gasteiger partial charge in [-0.1, -0.05) is 26.7 Å². The number of unbranched alkanes of at least 4 members (excludes halogenated alkanes) is 1. The van der Waals surface area contributed by atoms with Crippen LogP contribution in [0.1, 0.15) is 46.5 Å². The number of hydrogen-bond acceptors (Lipinski definition) is 3. The van der Waals surface area contributed by atoms with E-state index in [4.69, 9.17) is 9.47 Å². The summed E-state index contributed by atoms with van der Waals surface area (Å²) in [6, 6.07) is 0. The van der Waals surface area contributed by atoms with Crippen LogP contribution in [0, 0.1) is 5.92 Å². The second kappa shape index (κ2) is 19.0. The largest absolute Gasteiger partial charge is 0.382 e. The summed E-state index contributed by atoms with van der Waals surface area (Å²) in [4.78, 5) is 4.55. The lowest BCUT2D eigenvalue weighted by Gasteiger charge is -2.11. The maximum Gasteiger partial charge on any atom is 0.191 e. The summed E-state index contributed by atoms with van der Waals surface area (Å²) in [6.07, 6.45) is 4.71. The molecule has 134 valence electrons. The highest BCUT2D eigenvalue weighted by Crippen LogP contribution is 2.04. The molecule has 5 nitrogen and oxygen atoms in total. The van der Waals surface area contributed by atoms with Gasteiger partial charge in [-0.15, -0.1) is 24.0 Å². The molecule has 0 saturated carbocycles. The number of methoxy groups -OCH3 is 1. The highest BCUT2D eigenvalue weighted by molar-refractivity contribution is 14.0. The molecule has 0 amide bonds. The van der Waals surface area contributed by atoms with Gasteiger partial charge in [0, 0.05) is 33.4 Å². The average Bonchev–Trinajstić information content (AvgIpc) is 2.45. The summed E-state index contributed by atoms with van der Waals surface area (Å²) in [5, 5.41) is 6.66. The number of halogens is 1. The summed E-state index contributed by atoms with van der Waals surface area (Å²) in [7, 11) is 1.68. The maximum absolute atomic E-state index is 5.42. The standard InChI is InChI=1S/C16H35N3O2.HI/c1-5-17-16(18-10-7-6-9-15(2)3)19-11-8-12-21-14-13-20-4;/h15H,5-14H2,1-4H3,(H2,17,18,19);1H. The van der Waals surface area contributed by atoms with Crippen LogP contribution < -0.4 is 10.6 Å². The van der Waals surface area contributed by atoms with Crippen LogP contribution in [0.25, 0.3) is 0 Å². The first-order chi connectivity index (χ1) is 10.2. The van der Waals surface area contributed by atoms with Gasteiger partial charge in [0.15, 0.2) is 5.96 Å². The zero-order valence-corrected chi connectivity index (χ0v) is 17.2. The Morgan fingerprint density at radius 1 is 1.05 bits per heavy atom. The molecule has 0 atom stereocenters. The number of hydrogen-bond donors (Lipinski definition) is 2. The molecular weight excluding hydrogens is 393 g/mol. The van der Waals surface area contributed by atoms with E-state index in [1.54, 1.807) is 7.11 Å². The topological polar surface area (TPSA) is 54.9 Å². The van der Waals surface area contributed by atoms with E-state index in [9.17, 15) is 0 Å². The molecule has 0 aliphatic heterocycles. The predicted octanol–water partition coefficient (Wildman–Crippen LogP) is 3.04. The van der Waals surface area contributed by atoms with Gasteiger partial charge in [0.1, 0.15) is 0 Å². The number of aliphatic imine (C=N–C) groups is 1. The third-order valence-electron chi connectivity index (χ3n) is 2.99. The molecule has 0 aliphatic rings. The Labute approximate surface area is 154 Å². The second-order valence-electron chi connectivity index (χ2n) is 5.54. The monoisotopic (exact) mass is 429 g/mol. The van der Waals surface area contributed by atoms with Gasteiger partial charge >= 0.3 is 0 Å². The van der Waals surface area contributed by atoms with E-state index in [0.29, 0.717) is 13.2 Å². The molecule has 0 aliphatic carbocycles. The van der Waals surface area contributed by atoms with Gasteiger partial charge in [-0.25, -0.2) is 0 Å². The average molecular weight is 429 g/mol. The Hall–Kier alpha value is -0.0800. The second-order valence-corrected chi connectivity index (χ2v) is 5.54. The summed E-state index contributed by atoms with van der Waals surface area (Å²) >= 11 is 0. The first-order valence-electron chi connectivity index (χ1n) is 8.29. The summed E-state index contributed by atoms with van der Waals surface area (Å²) in [5.74, 6) is 1.71. The van der Waals surface area contributed by atoms with E-state index in [-0.39, 0.29) is 24.0 Å². The molecule has 0 radical (unpaired) electrons. The zero-order valence-electron chi connectivity index (χ0n) is 14.8. The van der Waals surface area contributed by atoms with E-state index < -0.39 is 0 Å². The number of rotatable bonds is 13. The minimum absolute atomic E-state index is 0. The van der Waals surface area contributed by atoms with Gasteiger partial charge in [0.05, 0.1) is 13.2 Å². The molecule has 0 aromatic heterocycles. The summed E-state index contributed by atoms with van der Waals surface area (Å²) in [5.41, 5.74) is 0. The highest BCUT2D eigenvalue weighted by atomic mass is 127. The molecule has 0 saturated heterocycles. The quantitative estimate of drug-likeness (QED) is 0.205. The van der Waals surface area contributed by atoms with Gasteiger partial charge in [-0.2, -0.15) is 0 Å². The first-order valence-corrected chi connectivity index (χ1v) is 8.29. The number of nitrogens with one attached hydrogen (secondary N) is 2. The molecule has 0 aromatic rings. The minimum Gasteiger partial charge on any atom is -0.382 e. The van der Waals surface area contributed by atoms with Gasteiger partial charge < -0.3 is 20.1 Å². The molecule has 0 aromatic carbocycles. The van der Waals surface area contributed by atoms with Crippen LogP contribution >= 0.6 is 24.0 Å².